The number of carbonyl (C=O) groups is 2. The number of aromatic nitrogens is 2. The van der Waals surface area contributed by atoms with Gasteiger partial charge in [0.25, 0.3) is 5.91 Å². The van der Waals surface area contributed by atoms with Crippen LogP contribution in [0.3, 0.4) is 0 Å². The molecule has 0 bridgehead atoms. The molecule has 4 aromatic rings. The number of hydrogen-bond donors (Lipinski definition) is 3. The Hall–Kier alpha value is -3.70. The molecule has 1 fully saturated rings. The van der Waals surface area contributed by atoms with Gasteiger partial charge in [-0.15, -0.1) is 0 Å². The molecule has 8 nitrogen and oxygen atoms in total. The number of imide groups is 1. The fraction of sp³-hybridized carbons (Fsp3) is 0.179. The van der Waals surface area contributed by atoms with Gasteiger partial charge in [-0.05, 0) is 63.5 Å². The molecule has 2 atom stereocenters. The predicted molar refractivity (Wildman–Crippen MR) is 147 cm³/mol. The van der Waals surface area contributed by atoms with E-state index >= 15 is 0 Å². The number of imidazole rings is 1. The Morgan fingerprint density at radius 2 is 1.73 bits per heavy atom. The largest absolute Gasteiger partial charge is 0.491 e. The number of nitrogens with one attached hydrogen (secondary N) is 2. The summed E-state index contributed by atoms with van der Waals surface area (Å²) in [6.07, 6.45) is 2.15. The standard InChI is InChI=1S/C28H25IN4O4/c29-21-10-6-19(7-11-21)23-17-30-26(31-23)24(16-18-4-2-1-3-5-18)33-27(35)25(32-28(33)36)20-8-12-22(13-9-20)37-15-14-34/h1-13,17,24-25,34H,14-16H2,(H,30,31)(H,32,36)/t24?,25-/m1/s1. The summed E-state index contributed by atoms with van der Waals surface area (Å²) in [6.45, 7) is 0.0927. The van der Waals surface area contributed by atoms with Crippen molar-refractivity contribution in [1.29, 1.82) is 0 Å². The van der Waals surface area contributed by atoms with Crippen LogP contribution >= 0.6 is 22.6 Å². The number of ether oxygens (including phenoxy) is 1. The molecular formula is C28H25IN4O4. The number of amides is 3. The highest BCUT2D eigenvalue weighted by atomic mass is 127. The zero-order chi connectivity index (χ0) is 25.8. The molecular weight excluding hydrogens is 583 g/mol. The second-order valence-corrected chi connectivity index (χ2v) is 9.87. The van der Waals surface area contributed by atoms with E-state index in [1.54, 1.807) is 30.5 Å². The van der Waals surface area contributed by atoms with Crippen LogP contribution in [0.4, 0.5) is 4.79 Å². The van der Waals surface area contributed by atoms with Crippen LogP contribution in [0, 0.1) is 3.57 Å². The van der Waals surface area contributed by atoms with Gasteiger partial charge in [-0.2, -0.15) is 0 Å². The number of halogens is 1. The first-order valence-corrected chi connectivity index (χ1v) is 12.9. The Kier molecular flexibility index (Phi) is 7.52. The summed E-state index contributed by atoms with van der Waals surface area (Å²) in [5.41, 5.74) is 3.41. The number of H-pyrrole nitrogens is 1. The third kappa shape index (κ3) is 5.52. The van der Waals surface area contributed by atoms with Crippen molar-refractivity contribution in [2.45, 2.75) is 18.5 Å². The molecule has 188 valence electrons. The maximum absolute atomic E-state index is 13.6. The van der Waals surface area contributed by atoms with Gasteiger partial charge in [0.15, 0.2) is 0 Å². The van der Waals surface area contributed by atoms with Crippen LogP contribution in [-0.2, 0) is 11.2 Å². The third-order valence-corrected chi connectivity index (χ3v) is 6.91. The third-order valence-electron chi connectivity index (χ3n) is 6.19. The van der Waals surface area contributed by atoms with Gasteiger partial charge < -0.3 is 20.1 Å². The Bertz CT molecular complexity index is 1370. The van der Waals surface area contributed by atoms with E-state index in [1.165, 1.54) is 4.90 Å². The molecule has 1 aliphatic rings. The van der Waals surface area contributed by atoms with E-state index < -0.39 is 18.1 Å². The summed E-state index contributed by atoms with van der Waals surface area (Å²) in [7, 11) is 0. The van der Waals surface area contributed by atoms with Crippen molar-refractivity contribution in [3.05, 3.63) is 106 Å². The molecule has 3 amide bonds. The number of benzene rings is 3. The number of nitrogens with zero attached hydrogens (tertiary/aromatic N) is 2. The first-order valence-electron chi connectivity index (χ1n) is 11.9. The molecule has 1 aliphatic heterocycles. The Morgan fingerprint density at radius 3 is 2.43 bits per heavy atom. The van der Waals surface area contributed by atoms with E-state index in [-0.39, 0.29) is 19.1 Å². The number of aliphatic hydroxyl groups is 1. The fourth-order valence-corrected chi connectivity index (χ4v) is 4.72. The van der Waals surface area contributed by atoms with Gasteiger partial charge >= 0.3 is 6.03 Å². The lowest BCUT2D eigenvalue weighted by Crippen LogP contribution is -2.36. The Balaban J connectivity index is 1.44. The van der Waals surface area contributed by atoms with E-state index in [0.29, 0.717) is 23.6 Å². The average molecular weight is 608 g/mol. The predicted octanol–water partition coefficient (Wildman–Crippen LogP) is 4.63. The number of hydrogen-bond acceptors (Lipinski definition) is 5. The maximum Gasteiger partial charge on any atom is 0.325 e. The van der Waals surface area contributed by atoms with Crippen LogP contribution in [0.25, 0.3) is 11.3 Å². The van der Waals surface area contributed by atoms with Crippen molar-refractivity contribution in [1.82, 2.24) is 20.2 Å². The molecule has 0 aliphatic carbocycles. The lowest BCUT2D eigenvalue weighted by Gasteiger charge is -2.24. The second-order valence-electron chi connectivity index (χ2n) is 8.63. The summed E-state index contributed by atoms with van der Waals surface area (Å²) >= 11 is 2.26. The molecule has 0 saturated carbocycles. The van der Waals surface area contributed by atoms with Gasteiger partial charge in [0.2, 0.25) is 0 Å². The highest BCUT2D eigenvalue weighted by molar-refractivity contribution is 14.1. The zero-order valence-corrected chi connectivity index (χ0v) is 22.0. The van der Waals surface area contributed by atoms with Gasteiger partial charge in [-0.25, -0.2) is 9.78 Å². The maximum atomic E-state index is 13.6. The van der Waals surface area contributed by atoms with E-state index in [1.807, 2.05) is 54.6 Å². The van der Waals surface area contributed by atoms with Crippen molar-refractivity contribution in [2.24, 2.45) is 0 Å². The SMILES string of the molecule is O=C1N[C@H](c2ccc(OCCO)cc2)C(=O)N1C(Cc1ccccc1)c1ncc(-c2ccc(I)cc2)[nH]1. The summed E-state index contributed by atoms with van der Waals surface area (Å²) in [5.74, 6) is 0.767. The van der Waals surface area contributed by atoms with Gasteiger partial charge in [0.05, 0.1) is 18.5 Å². The fourth-order valence-electron chi connectivity index (χ4n) is 4.36. The van der Waals surface area contributed by atoms with Crippen LogP contribution in [0.15, 0.2) is 85.1 Å². The van der Waals surface area contributed by atoms with Gasteiger partial charge in [0.1, 0.15) is 30.3 Å². The molecule has 3 N–H and O–H groups in total. The summed E-state index contributed by atoms with van der Waals surface area (Å²) in [6, 6.07) is 22.8. The summed E-state index contributed by atoms with van der Waals surface area (Å²) in [5, 5.41) is 11.8. The van der Waals surface area contributed by atoms with Crippen molar-refractivity contribution >= 4 is 34.5 Å². The molecule has 0 radical (unpaired) electrons. The lowest BCUT2D eigenvalue weighted by molar-refractivity contribution is -0.129. The molecule has 37 heavy (non-hydrogen) atoms. The lowest BCUT2D eigenvalue weighted by atomic mass is 10.0. The van der Waals surface area contributed by atoms with Crippen LogP contribution in [0.2, 0.25) is 0 Å². The monoisotopic (exact) mass is 608 g/mol. The van der Waals surface area contributed by atoms with Crippen LogP contribution < -0.4 is 10.1 Å². The van der Waals surface area contributed by atoms with E-state index in [0.717, 1.165) is 20.4 Å². The highest BCUT2D eigenvalue weighted by Gasteiger charge is 2.44. The van der Waals surface area contributed by atoms with Crippen LogP contribution in [0.5, 0.6) is 5.75 Å². The molecule has 2 heterocycles. The van der Waals surface area contributed by atoms with Crippen LogP contribution in [0.1, 0.15) is 29.0 Å². The smallest absolute Gasteiger partial charge is 0.325 e. The quantitative estimate of drug-likeness (QED) is 0.190. The van der Waals surface area contributed by atoms with Crippen LogP contribution in [-0.4, -0.2) is 45.1 Å². The van der Waals surface area contributed by atoms with E-state index in [9.17, 15) is 9.59 Å². The minimum absolute atomic E-state index is 0.0885. The van der Waals surface area contributed by atoms with Crippen molar-refractivity contribution in [3.63, 3.8) is 0 Å². The summed E-state index contributed by atoms with van der Waals surface area (Å²) in [4.78, 5) is 36.0. The first kappa shape index (κ1) is 25.0. The van der Waals surface area contributed by atoms with Crippen molar-refractivity contribution in [2.75, 3.05) is 13.2 Å². The molecule has 0 spiro atoms. The molecule has 1 saturated heterocycles. The number of aromatic amines is 1. The molecule has 3 aromatic carbocycles. The number of rotatable bonds is 9. The zero-order valence-electron chi connectivity index (χ0n) is 19.8. The summed E-state index contributed by atoms with van der Waals surface area (Å²) < 4.78 is 6.53. The van der Waals surface area contributed by atoms with Crippen molar-refractivity contribution in [3.8, 4) is 17.0 Å². The number of carbonyl (C=O) groups excluding carboxylic acids is 2. The van der Waals surface area contributed by atoms with E-state index in [4.69, 9.17) is 9.84 Å². The molecule has 1 aromatic heterocycles. The minimum Gasteiger partial charge on any atom is -0.491 e. The minimum atomic E-state index is -0.816. The van der Waals surface area contributed by atoms with Gasteiger partial charge in [-0.3, -0.25) is 9.69 Å². The second kappa shape index (κ2) is 11.1. The average Bonchev–Trinajstić information content (AvgIpc) is 3.52. The Labute approximate surface area is 227 Å². The molecule has 1 unspecified atom stereocenters. The number of urea groups is 1. The van der Waals surface area contributed by atoms with Crippen molar-refractivity contribution < 1.29 is 19.4 Å². The normalized spacial score (nSPS) is 16.1. The molecule has 5 rings (SSSR count). The van der Waals surface area contributed by atoms with E-state index in [2.05, 4.69) is 37.9 Å². The Morgan fingerprint density at radius 1 is 1.00 bits per heavy atom. The number of aliphatic hydroxyl groups excluding tert-OH is 1. The first-order chi connectivity index (χ1) is 18.0. The van der Waals surface area contributed by atoms with Gasteiger partial charge in [-0.1, -0.05) is 54.6 Å². The molecule has 9 heteroatoms. The van der Waals surface area contributed by atoms with Gasteiger partial charge in [0, 0.05) is 9.99 Å². The highest BCUT2D eigenvalue weighted by Crippen LogP contribution is 2.33. The topological polar surface area (TPSA) is 108 Å².